The summed E-state index contributed by atoms with van der Waals surface area (Å²) in [6.07, 6.45) is -0.620. The van der Waals surface area contributed by atoms with Crippen LogP contribution in [0.4, 0.5) is 4.79 Å². The Hall–Kier alpha value is -2.85. The third-order valence-corrected chi connectivity index (χ3v) is 14.0. The van der Waals surface area contributed by atoms with Crippen molar-refractivity contribution in [1.29, 1.82) is 0 Å². The van der Waals surface area contributed by atoms with Gasteiger partial charge in [0.25, 0.3) is 0 Å². The summed E-state index contributed by atoms with van der Waals surface area (Å²) in [5.74, 6) is -0.360. The number of benzene rings is 3. The van der Waals surface area contributed by atoms with Gasteiger partial charge in [-0.15, -0.1) is 0 Å². The minimum atomic E-state index is -2.24. The number of halogens is 1. The molecule has 3 aromatic carbocycles. The van der Waals surface area contributed by atoms with Gasteiger partial charge in [0.1, 0.15) is 25.5 Å². The molecule has 2 N–H and O–H groups in total. The summed E-state index contributed by atoms with van der Waals surface area (Å²) in [6.45, 7) is 12.8. The molecule has 0 aromatic heterocycles. The number of carboxylic acids is 1. The van der Waals surface area contributed by atoms with Crippen molar-refractivity contribution in [3.63, 3.8) is 0 Å². The lowest BCUT2D eigenvalue weighted by atomic mass is 10.1. The number of carbonyl (C=O) groups is 2. The molecule has 0 aliphatic carbocycles. The Morgan fingerprint density at radius 3 is 1.90 bits per heavy atom. The molecule has 1 atom stereocenters. The highest BCUT2D eigenvalue weighted by Crippen LogP contribution is 2.38. The first-order chi connectivity index (χ1) is 18.7. The summed E-state index contributed by atoms with van der Waals surface area (Å²) in [6, 6.07) is 27.1. The van der Waals surface area contributed by atoms with E-state index in [0.29, 0.717) is 6.61 Å². The average Bonchev–Trinajstić information content (AvgIpc) is 2.86. The van der Waals surface area contributed by atoms with Crippen molar-refractivity contribution in [3.8, 4) is 5.75 Å². The van der Waals surface area contributed by atoms with Crippen LogP contribution in [0.3, 0.4) is 0 Å². The summed E-state index contributed by atoms with van der Waals surface area (Å²) >= 11 is 2.22. The predicted molar refractivity (Wildman–Crippen MR) is 172 cm³/mol. The number of alkyl carbamates (subject to hydrolysis) is 1. The summed E-state index contributed by atoms with van der Waals surface area (Å²) in [5, 5.41) is 14.9. The fraction of sp³-hybridized carbons (Fsp3) is 0.375. The third kappa shape index (κ3) is 8.10. The molecule has 0 saturated heterocycles. The second-order valence-corrected chi connectivity index (χ2v) is 18.1. The Morgan fingerprint density at radius 2 is 1.45 bits per heavy atom. The highest BCUT2D eigenvalue weighted by molar-refractivity contribution is 14.1. The van der Waals surface area contributed by atoms with E-state index in [4.69, 9.17) is 9.47 Å². The molecule has 3 rings (SSSR count). The van der Waals surface area contributed by atoms with Gasteiger partial charge in [-0.2, -0.15) is 0 Å². The monoisotopic (exact) mass is 673 g/mol. The smallest absolute Gasteiger partial charge is 0.408 e. The van der Waals surface area contributed by atoms with Crippen LogP contribution in [0.5, 0.6) is 5.75 Å². The fourth-order valence-corrected chi connectivity index (χ4v) is 11.2. The van der Waals surface area contributed by atoms with Gasteiger partial charge in [0.15, 0.2) is 0 Å². The zero-order valence-electron chi connectivity index (χ0n) is 24.2. The van der Waals surface area contributed by atoms with Crippen molar-refractivity contribution in [2.24, 2.45) is 0 Å². The highest BCUT2D eigenvalue weighted by Gasteiger charge is 2.47. The zero-order chi connectivity index (χ0) is 29.6. The Kier molecular flexibility index (Phi) is 10.5. The lowest BCUT2D eigenvalue weighted by Crippen LogP contribution is -2.64. The molecule has 0 unspecified atom stereocenters. The van der Waals surface area contributed by atoms with E-state index in [1.54, 1.807) is 20.8 Å². The molecule has 1 amide bonds. The number of carbonyl (C=O) groups excluding carboxylic acids is 1. The number of aliphatic carboxylic acids is 1. The Labute approximate surface area is 252 Å². The Morgan fingerprint density at radius 1 is 0.900 bits per heavy atom. The number of nitrogens with one attached hydrogen (secondary N) is 1. The van der Waals surface area contributed by atoms with Gasteiger partial charge >= 0.3 is 12.1 Å². The molecule has 0 bridgehead atoms. The van der Waals surface area contributed by atoms with Gasteiger partial charge < -0.3 is 19.9 Å². The summed E-state index contributed by atoms with van der Waals surface area (Å²) in [7, 11) is -2.24. The molecular weight excluding hydrogens is 633 g/mol. The number of carboxylic acid groups (broad SMARTS) is 1. The van der Waals surface area contributed by atoms with Crippen LogP contribution in [0.1, 0.15) is 47.1 Å². The van der Waals surface area contributed by atoms with E-state index in [-0.39, 0.29) is 11.5 Å². The Balaban J connectivity index is 1.78. The molecule has 40 heavy (non-hydrogen) atoms. The number of hydrogen-bond acceptors (Lipinski definition) is 4. The maximum Gasteiger partial charge on any atom is 0.408 e. The molecule has 0 spiro atoms. The number of amides is 1. The molecule has 0 heterocycles. The summed E-state index contributed by atoms with van der Waals surface area (Å²) in [4.78, 5) is 24.0. The highest BCUT2D eigenvalue weighted by atomic mass is 127. The van der Waals surface area contributed by atoms with Crippen LogP contribution >= 0.6 is 22.6 Å². The van der Waals surface area contributed by atoms with Crippen molar-refractivity contribution in [1.82, 2.24) is 5.32 Å². The first-order valence-electron chi connectivity index (χ1n) is 13.5. The lowest BCUT2D eigenvalue weighted by Gasteiger charge is -2.44. The number of rotatable bonds is 10. The average molecular weight is 674 g/mol. The first-order valence-corrected chi connectivity index (χ1v) is 16.8. The van der Waals surface area contributed by atoms with Gasteiger partial charge in [0.05, 0.1) is 10.2 Å². The van der Waals surface area contributed by atoms with Crippen LogP contribution < -0.4 is 20.4 Å². The van der Waals surface area contributed by atoms with E-state index in [1.807, 2.05) is 18.2 Å². The molecular formula is C32H40INO5Si. The molecule has 0 fully saturated rings. The molecule has 6 nitrogen and oxygen atoms in total. The topological polar surface area (TPSA) is 84.9 Å². The molecule has 214 valence electrons. The quantitative estimate of drug-likeness (QED) is 0.196. The SMILES string of the molecule is CC(C)(C)OC(=O)N[C@H](Cc1ccc(OCC[Si](c2ccccc2)(c2ccccc2)C(C)(C)C)c(I)c1)C(=O)O. The van der Waals surface area contributed by atoms with Gasteiger partial charge in [0, 0.05) is 6.42 Å². The van der Waals surface area contributed by atoms with Crippen LogP contribution in [0.25, 0.3) is 0 Å². The Bertz CT molecular complexity index is 1250. The van der Waals surface area contributed by atoms with Gasteiger partial charge in [-0.3, -0.25) is 0 Å². The van der Waals surface area contributed by atoms with Gasteiger partial charge in [-0.25, -0.2) is 9.59 Å². The van der Waals surface area contributed by atoms with Crippen LogP contribution in [-0.2, 0) is 16.0 Å². The van der Waals surface area contributed by atoms with E-state index in [0.717, 1.165) is 20.9 Å². The first kappa shape index (κ1) is 31.7. The zero-order valence-corrected chi connectivity index (χ0v) is 27.3. The normalized spacial score (nSPS) is 12.9. The largest absolute Gasteiger partial charge is 0.493 e. The van der Waals surface area contributed by atoms with E-state index < -0.39 is 31.8 Å². The third-order valence-electron chi connectivity index (χ3n) is 6.97. The minimum absolute atomic E-state index is 0.0447. The molecule has 0 saturated carbocycles. The summed E-state index contributed by atoms with van der Waals surface area (Å²) < 4.78 is 12.5. The van der Waals surface area contributed by atoms with Gasteiger partial charge in [-0.05, 0) is 72.1 Å². The maximum atomic E-state index is 12.1. The predicted octanol–water partition coefficient (Wildman–Crippen LogP) is 6.25. The van der Waals surface area contributed by atoms with E-state index in [9.17, 15) is 14.7 Å². The number of hydrogen-bond donors (Lipinski definition) is 2. The molecule has 3 aromatic rings. The maximum absolute atomic E-state index is 12.1. The summed E-state index contributed by atoms with van der Waals surface area (Å²) in [5.41, 5.74) is 0.0721. The van der Waals surface area contributed by atoms with Crippen molar-refractivity contribution in [3.05, 3.63) is 88.0 Å². The second-order valence-electron chi connectivity index (χ2n) is 12.0. The molecule has 0 radical (unpaired) electrons. The van der Waals surface area contributed by atoms with Gasteiger partial charge in [-0.1, -0.05) is 97.9 Å². The molecule has 8 heteroatoms. The number of ether oxygens (including phenoxy) is 2. The van der Waals surface area contributed by atoms with E-state index >= 15 is 0 Å². The standard InChI is InChI=1S/C32H40INO5Si/c1-31(2,3)39-30(37)34-27(29(35)36)22-23-17-18-28(26(33)21-23)38-19-20-40(32(4,5)6,24-13-9-7-10-14-24)25-15-11-8-12-16-25/h7-18,21,27H,19-20,22H2,1-6H3,(H,34,37)(H,35,36)/t27-/m1/s1. The van der Waals surface area contributed by atoms with Crippen LogP contribution in [0.15, 0.2) is 78.9 Å². The van der Waals surface area contributed by atoms with Crippen molar-refractivity contribution >= 4 is 53.1 Å². The van der Waals surface area contributed by atoms with Crippen molar-refractivity contribution < 1.29 is 24.2 Å². The van der Waals surface area contributed by atoms with E-state index in [1.165, 1.54) is 10.4 Å². The van der Waals surface area contributed by atoms with E-state index in [2.05, 4.69) is 109 Å². The second kappa shape index (κ2) is 13.2. The van der Waals surface area contributed by atoms with Crippen LogP contribution in [-0.4, -0.2) is 43.5 Å². The van der Waals surface area contributed by atoms with Crippen LogP contribution in [0.2, 0.25) is 11.1 Å². The molecule has 0 aliphatic rings. The van der Waals surface area contributed by atoms with Crippen molar-refractivity contribution in [2.75, 3.05) is 6.61 Å². The fourth-order valence-electron chi connectivity index (χ4n) is 5.13. The molecule has 0 aliphatic heterocycles. The van der Waals surface area contributed by atoms with Crippen LogP contribution in [0, 0.1) is 3.57 Å². The van der Waals surface area contributed by atoms with Crippen molar-refractivity contribution in [2.45, 2.75) is 70.7 Å². The minimum Gasteiger partial charge on any atom is -0.493 e. The van der Waals surface area contributed by atoms with Gasteiger partial charge in [0.2, 0.25) is 0 Å². The lowest BCUT2D eigenvalue weighted by molar-refractivity contribution is -0.139.